The van der Waals surface area contributed by atoms with Crippen molar-refractivity contribution < 1.29 is 0 Å². The summed E-state index contributed by atoms with van der Waals surface area (Å²) in [4.78, 5) is 2.32. The summed E-state index contributed by atoms with van der Waals surface area (Å²) in [7, 11) is 0. The Balaban J connectivity index is 0.978. The third-order valence-electron chi connectivity index (χ3n) is 10.1. The van der Waals surface area contributed by atoms with E-state index in [2.05, 4.69) is 229 Å². The zero-order chi connectivity index (χ0) is 35.4. The maximum Gasteiger partial charge on any atom is 0.0462 e. The minimum atomic E-state index is 1.11. The molecule has 9 aromatic rings. The second-order valence-corrected chi connectivity index (χ2v) is 13.4. The highest BCUT2D eigenvalue weighted by atomic mass is 15.1. The van der Waals surface area contributed by atoms with E-state index in [1.165, 1.54) is 66.4 Å². The Hall–Kier alpha value is -6.96. The molecule has 0 saturated carbocycles. The summed E-state index contributed by atoms with van der Waals surface area (Å²) in [5.41, 5.74) is 15.5. The number of para-hydroxylation sites is 1. The Morgan fingerprint density at radius 3 is 1.21 bits per heavy atom. The topological polar surface area (TPSA) is 3.24 Å². The monoisotopic (exact) mass is 675 g/mol. The summed E-state index contributed by atoms with van der Waals surface area (Å²) >= 11 is 0. The van der Waals surface area contributed by atoms with E-state index < -0.39 is 0 Å². The van der Waals surface area contributed by atoms with Gasteiger partial charge in [0.2, 0.25) is 0 Å². The van der Waals surface area contributed by atoms with Gasteiger partial charge in [0.1, 0.15) is 0 Å². The lowest BCUT2D eigenvalue weighted by atomic mass is 9.94. The van der Waals surface area contributed by atoms with Crippen LogP contribution in [0, 0.1) is 0 Å². The van der Waals surface area contributed by atoms with Gasteiger partial charge < -0.3 is 4.90 Å². The summed E-state index contributed by atoms with van der Waals surface area (Å²) in [5, 5.41) is 2.52. The van der Waals surface area contributed by atoms with E-state index >= 15 is 0 Å². The van der Waals surface area contributed by atoms with Crippen molar-refractivity contribution in [1.82, 2.24) is 0 Å². The Morgan fingerprint density at radius 2 is 0.585 bits per heavy atom. The van der Waals surface area contributed by atoms with Gasteiger partial charge >= 0.3 is 0 Å². The average Bonchev–Trinajstić information content (AvgIpc) is 3.25. The summed E-state index contributed by atoms with van der Waals surface area (Å²) in [6.45, 7) is 0. The van der Waals surface area contributed by atoms with Crippen molar-refractivity contribution in [1.29, 1.82) is 0 Å². The zero-order valence-electron chi connectivity index (χ0n) is 29.3. The maximum absolute atomic E-state index is 2.32. The molecule has 1 nitrogen and oxygen atoms in total. The van der Waals surface area contributed by atoms with E-state index in [1.807, 2.05) is 0 Å². The van der Waals surface area contributed by atoms with E-state index in [1.54, 1.807) is 0 Å². The number of anilines is 3. The molecule has 0 aliphatic carbocycles. The van der Waals surface area contributed by atoms with Crippen LogP contribution in [-0.2, 0) is 0 Å². The normalized spacial score (nSPS) is 11.0. The fourth-order valence-electron chi connectivity index (χ4n) is 7.32. The van der Waals surface area contributed by atoms with Crippen LogP contribution in [0.1, 0.15) is 0 Å². The van der Waals surface area contributed by atoms with Crippen molar-refractivity contribution >= 4 is 27.8 Å². The molecule has 0 unspecified atom stereocenters. The van der Waals surface area contributed by atoms with Crippen LogP contribution in [0.5, 0.6) is 0 Å². The Morgan fingerprint density at radius 1 is 0.208 bits per heavy atom. The van der Waals surface area contributed by atoms with Crippen molar-refractivity contribution in [3.05, 3.63) is 224 Å². The highest BCUT2D eigenvalue weighted by Gasteiger charge is 2.14. The van der Waals surface area contributed by atoms with E-state index in [0.717, 1.165) is 17.1 Å². The molecule has 0 N–H and O–H groups in total. The van der Waals surface area contributed by atoms with E-state index in [4.69, 9.17) is 0 Å². The molecule has 0 atom stereocenters. The van der Waals surface area contributed by atoms with Gasteiger partial charge in [0.15, 0.2) is 0 Å². The van der Waals surface area contributed by atoms with Crippen LogP contribution in [0.4, 0.5) is 17.1 Å². The molecule has 0 fully saturated rings. The first kappa shape index (κ1) is 32.0. The van der Waals surface area contributed by atoms with Crippen molar-refractivity contribution in [3.8, 4) is 55.6 Å². The number of rotatable bonds is 8. The lowest BCUT2D eigenvalue weighted by Crippen LogP contribution is -2.09. The van der Waals surface area contributed by atoms with Crippen LogP contribution in [0.15, 0.2) is 224 Å². The van der Waals surface area contributed by atoms with Crippen LogP contribution in [0.2, 0.25) is 0 Å². The third-order valence-corrected chi connectivity index (χ3v) is 10.1. The number of hydrogen-bond donors (Lipinski definition) is 0. The predicted molar refractivity (Wildman–Crippen MR) is 226 cm³/mol. The first-order valence-electron chi connectivity index (χ1n) is 18.2. The summed E-state index contributed by atoms with van der Waals surface area (Å²) in [5.74, 6) is 0. The standard InChI is InChI=1S/C52H37N/c1-3-13-42(14-4-1)51-20-9-10-21-52(51)43-30-34-50(35-31-43)53(48-18-5-2-6-19-48)49-32-28-40(29-33-49)39-22-24-41(25-23-39)45-16-11-17-46(36-45)47-27-26-38-12-7-8-15-44(38)37-47/h1-37H. The minimum Gasteiger partial charge on any atom is -0.311 e. The molecule has 0 aliphatic heterocycles. The van der Waals surface area contributed by atoms with Gasteiger partial charge in [0, 0.05) is 17.1 Å². The van der Waals surface area contributed by atoms with Crippen molar-refractivity contribution in [2.75, 3.05) is 4.90 Å². The van der Waals surface area contributed by atoms with E-state index in [0.29, 0.717) is 0 Å². The summed E-state index contributed by atoms with van der Waals surface area (Å²) in [6, 6.07) is 80.7. The second kappa shape index (κ2) is 14.3. The number of nitrogens with zero attached hydrogens (tertiary/aromatic N) is 1. The van der Waals surface area contributed by atoms with Crippen molar-refractivity contribution in [2.45, 2.75) is 0 Å². The molecule has 0 heterocycles. The lowest BCUT2D eigenvalue weighted by molar-refractivity contribution is 1.28. The second-order valence-electron chi connectivity index (χ2n) is 13.4. The maximum atomic E-state index is 2.32. The smallest absolute Gasteiger partial charge is 0.0462 e. The van der Waals surface area contributed by atoms with Crippen LogP contribution < -0.4 is 4.90 Å². The third kappa shape index (κ3) is 6.65. The summed E-state index contributed by atoms with van der Waals surface area (Å²) < 4.78 is 0. The van der Waals surface area contributed by atoms with Crippen molar-refractivity contribution in [2.24, 2.45) is 0 Å². The van der Waals surface area contributed by atoms with Gasteiger partial charge in [-0.2, -0.15) is 0 Å². The van der Waals surface area contributed by atoms with E-state index in [9.17, 15) is 0 Å². The van der Waals surface area contributed by atoms with Gasteiger partial charge in [-0.05, 0) is 115 Å². The fourth-order valence-corrected chi connectivity index (χ4v) is 7.32. The van der Waals surface area contributed by atoms with Gasteiger partial charge in [-0.15, -0.1) is 0 Å². The van der Waals surface area contributed by atoms with Gasteiger partial charge in [-0.1, -0.05) is 176 Å². The number of hydrogen-bond acceptors (Lipinski definition) is 1. The molecule has 0 radical (unpaired) electrons. The molecule has 0 bridgehead atoms. The molecule has 9 aromatic carbocycles. The molecule has 0 aliphatic rings. The molecule has 0 saturated heterocycles. The predicted octanol–water partition coefficient (Wildman–Crippen LogP) is 14.6. The van der Waals surface area contributed by atoms with Gasteiger partial charge in [0.25, 0.3) is 0 Å². The van der Waals surface area contributed by atoms with Crippen LogP contribution in [0.25, 0.3) is 66.4 Å². The molecular weight excluding hydrogens is 639 g/mol. The highest BCUT2D eigenvalue weighted by molar-refractivity contribution is 5.89. The van der Waals surface area contributed by atoms with Gasteiger partial charge in [-0.25, -0.2) is 0 Å². The average molecular weight is 676 g/mol. The molecule has 9 rings (SSSR count). The number of benzene rings is 9. The fraction of sp³-hybridized carbons (Fsp3) is 0. The molecule has 250 valence electrons. The largest absolute Gasteiger partial charge is 0.311 e. The SMILES string of the molecule is c1ccc(-c2ccccc2-c2ccc(N(c3ccccc3)c3ccc(-c4ccc(-c5cccc(-c6ccc7ccccc7c6)c5)cc4)cc3)cc2)cc1. The Kier molecular flexibility index (Phi) is 8.66. The quantitative estimate of drug-likeness (QED) is 0.155. The molecule has 0 amide bonds. The van der Waals surface area contributed by atoms with E-state index in [-0.39, 0.29) is 0 Å². The molecular formula is C52H37N. The van der Waals surface area contributed by atoms with Crippen LogP contribution in [0.3, 0.4) is 0 Å². The number of fused-ring (bicyclic) bond motifs is 1. The highest BCUT2D eigenvalue weighted by Crippen LogP contribution is 2.38. The van der Waals surface area contributed by atoms with Crippen LogP contribution >= 0.6 is 0 Å². The molecule has 53 heavy (non-hydrogen) atoms. The zero-order valence-corrected chi connectivity index (χ0v) is 29.3. The van der Waals surface area contributed by atoms with Crippen LogP contribution in [-0.4, -0.2) is 0 Å². The minimum absolute atomic E-state index is 1.11. The summed E-state index contributed by atoms with van der Waals surface area (Å²) in [6.07, 6.45) is 0. The molecule has 0 spiro atoms. The van der Waals surface area contributed by atoms with Gasteiger partial charge in [0.05, 0.1) is 0 Å². The van der Waals surface area contributed by atoms with Crippen molar-refractivity contribution in [3.63, 3.8) is 0 Å². The molecule has 0 aromatic heterocycles. The molecule has 1 heteroatoms. The Bertz CT molecular complexity index is 2620. The van der Waals surface area contributed by atoms with Gasteiger partial charge in [-0.3, -0.25) is 0 Å². The lowest BCUT2D eigenvalue weighted by Gasteiger charge is -2.26. The first-order chi connectivity index (χ1) is 26.3. The first-order valence-corrected chi connectivity index (χ1v) is 18.2. The Labute approximate surface area is 311 Å².